The molecule has 10 heteroatoms. The van der Waals surface area contributed by atoms with Gasteiger partial charge in [0, 0.05) is 35.7 Å². The van der Waals surface area contributed by atoms with Crippen molar-refractivity contribution >= 4 is 39.5 Å². The number of nitrogens with zero attached hydrogens (tertiary/aromatic N) is 2. The molecule has 0 spiro atoms. The maximum absolute atomic E-state index is 11.2. The highest BCUT2D eigenvalue weighted by Gasteiger charge is 2.15. The second-order valence-corrected chi connectivity index (χ2v) is 8.71. The smallest absolute Gasteiger partial charge is 0.339 e. The number of rotatable bonds is 7. The molecule has 4 aromatic rings. The molecule has 194 valence electrons. The van der Waals surface area contributed by atoms with Crippen molar-refractivity contribution in [3.63, 3.8) is 0 Å². The van der Waals surface area contributed by atoms with Crippen LogP contribution < -0.4 is 33.2 Å². The van der Waals surface area contributed by atoms with Crippen molar-refractivity contribution < 1.29 is 20.1 Å². The average molecular weight is 513 g/mol. The normalized spacial score (nSPS) is 12.0. The Labute approximate surface area is 218 Å². The predicted molar refractivity (Wildman–Crippen MR) is 150 cm³/mol. The predicted octanol–water partition coefficient (Wildman–Crippen LogP) is 3.53. The number of hydrazine groups is 2. The van der Waals surface area contributed by atoms with Crippen LogP contribution in [-0.2, 0) is 0 Å². The molecule has 0 saturated carbocycles. The lowest BCUT2D eigenvalue weighted by molar-refractivity contribution is 0.0693. The minimum atomic E-state index is -1.26. The second kappa shape index (κ2) is 10.4. The average Bonchev–Trinajstić information content (AvgIpc) is 2.88. The van der Waals surface area contributed by atoms with Crippen molar-refractivity contribution in [2.45, 2.75) is 6.92 Å². The Morgan fingerprint density at radius 1 is 0.711 bits per heavy atom. The summed E-state index contributed by atoms with van der Waals surface area (Å²) in [6.45, 7) is 1.78. The Balaban J connectivity index is 1.76. The van der Waals surface area contributed by atoms with Crippen LogP contribution in [0.25, 0.3) is 22.2 Å². The number of aryl methyl sites for hydroxylation is 1. The fraction of sp³-hybridized carbons (Fsp3) is 0.0357. The van der Waals surface area contributed by atoms with E-state index in [2.05, 4.69) is 0 Å². The number of carboxylic acids is 1. The quantitative estimate of drug-likeness (QED) is 0.142. The zero-order valence-electron chi connectivity index (χ0n) is 20.5. The molecule has 0 aliphatic rings. The molecule has 0 aliphatic heterocycles. The number of phenols is 2. The third-order valence-electron chi connectivity index (χ3n) is 6.06. The van der Waals surface area contributed by atoms with Gasteiger partial charge in [-0.05, 0) is 53.6 Å². The molecule has 0 aliphatic carbocycles. The third-order valence-corrected chi connectivity index (χ3v) is 6.06. The van der Waals surface area contributed by atoms with Crippen molar-refractivity contribution in [2.75, 3.05) is 10.0 Å². The van der Waals surface area contributed by atoms with Gasteiger partial charge in [-0.15, -0.1) is 0 Å². The van der Waals surface area contributed by atoms with Crippen molar-refractivity contribution in [1.82, 2.24) is 0 Å². The summed E-state index contributed by atoms with van der Waals surface area (Å²) in [5, 5.41) is 33.5. The number of anilines is 2. The van der Waals surface area contributed by atoms with E-state index in [1.807, 2.05) is 36.4 Å². The maximum Gasteiger partial charge on any atom is 0.339 e. The van der Waals surface area contributed by atoms with Gasteiger partial charge in [0.25, 0.3) is 0 Å². The lowest BCUT2D eigenvalue weighted by atomic mass is 9.97. The molecule has 0 radical (unpaired) electrons. The van der Waals surface area contributed by atoms with Crippen molar-refractivity contribution in [1.29, 1.82) is 0 Å². The number of carbonyl (C=O) groups is 1. The molecular formula is C28H28N6O4. The van der Waals surface area contributed by atoms with Gasteiger partial charge in [0.1, 0.15) is 17.1 Å². The monoisotopic (exact) mass is 512 g/mol. The number of hydrogen-bond acceptors (Lipinski definition) is 9. The molecule has 0 bridgehead atoms. The number of nitrogens with two attached hydrogens (primary N) is 4. The highest BCUT2D eigenvalue weighted by atomic mass is 16.4. The minimum Gasteiger partial charge on any atom is -0.508 e. The van der Waals surface area contributed by atoms with Crippen molar-refractivity contribution in [2.24, 2.45) is 23.2 Å². The first-order valence-electron chi connectivity index (χ1n) is 11.5. The first-order chi connectivity index (χ1) is 18.0. The number of benzene rings is 4. The van der Waals surface area contributed by atoms with E-state index in [4.69, 9.17) is 28.3 Å². The minimum absolute atomic E-state index is 0.106. The summed E-state index contributed by atoms with van der Waals surface area (Å²) in [6, 6.07) is 20.4. The van der Waals surface area contributed by atoms with Crippen LogP contribution in [0.15, 0.2) is 85.2 Å². The summed E-state index contributed by atoms with van der Waals surface area (Å²) in [7, 11) is 0. The van der Waals surface area contributed by atoms with Gasteiger partial charge in [-0.1, -0.05) is 30.3 Å². The van der Waals surface area contributed by atoms with Crippen LogP contribution in [0.5, 0.6) is 11.5 Å². The van der Waals surface area contributed by atoms with Gasteiger partial charge in [-0.2, -0.15) is 0 Å². The zero-order valence-corrected chi connectivity index (χ0v) is 20.5. The Kier molecular flexibility index (Phi) is 7.10. The number of carboxylic acid groups (broad SMARTS) is 1. The first kappa shape index (κ1) is 25.9. The summed E-state index contributed by atoms with van der Waals surface area (Å²) in [6.07, 6.45) is 2.96. The topological polar surface area (TPSA) is 188 Å². The van der Waals surface area contributed by atoms with Gasteiger partial charge in [0.2, 0.25) is 0 Å². The lowest BCUT2D eigenvalue weighted by Crippen LogP contribution is -2.26. The van der Waals surface area contributed by atoms with Gasteiger partial charge in [0.15, 0.2) is 0 Å². The van der Waals surface area contributed by atoms with E-state index in [-0.39, 0.29) is 17.0 Å². The van der Waals surface area contributed by atoms with Crippen LogP contribution in [0.2, 0.25) is 0 Å². The molecule has 0 unspecified atom stereocenters. The fourth-order valence-electron chi connectivity index (χ4n) is 3.93. The summed E-state index contributed by atoms with van der Waals surface area (Å²) < 4.78 is 0. The summed E-state index contributed by atoms with van der Waals surface area (Å²) in [5.41, 5.74) is 16.0. The van der Waals surface area contributed by atoms with Crippen LogP contribution in [0.1, 0.15) is 27.0 Å². The van der Waals surface area contributed by atoms with E-state index >= 15 is 0 Å². The van der Waals surface area contributed by atoms with Gasteiger partial charge in [-0.25, -0.2) is 16.5 Å². The van der Waals surface area contributed by atoms with Gasteiger partial charge >= 0.3 is 5.97 Å². The highest BCUT2D eigenvalue weighted by Crippen LogP contribution is 2.30. The third kappa shape index (κ3) is 5.31. The molecule has 4 rings (SSSR count). The van der Waals surface area contributed by atoms with Crippen molar-refractivity contribution in [3.8, 4) is 11.5 Å². The summed E-state index contributed by atoms with van der Waals surface area (Å²) in [4.78, 5) is 11.2. The number of aromatic hydroxyl groups is 2. The molecule has 0 saturated heterocycles. The molecular weight excluding hydrogens is 484 g/mol. The summed E-state index contributed by atoms with van der Waals surface area (Å²) >= 11 is 0. The number of hydrogen-bond donors (Lipinski definition) is 7. The van der Waals surface area contributed by atoms with E-state index in [0.717, 1.165) is 10.8 Å². The molecule has 10 nitrogen and oxygen atoms in total. The summed E-state index contributed by atoms with van der Waals surface area (Å²) in [5.74, 6) is 10.8. The molecule has 4 aromatic carbocycles. The van der Waals surface area contributed by atoms with Crippen LogP contribution in [0.3, 0.4) is 0 Å². The van der Waals surface area contributed by atoms with E-state index in [1.54, 1.807) is 19.1 Å². The molecule has 0 aromatic heterocycles. The van der Waals surface area contributed by atoms with E-state index in [0.29, 0.717) is 33.8 Å². The standard InChI is InChI=1S/C28H28N6O4/c1-16-6-7-19(12-26(16)35)33(31)14-24(29)22-10-17-4-2-3-5-18(17)11-23(22)25(30)15-34(32)20-8-9-21(28(37)38)27(36)13-20/h2-15,35-36H,29-32H2,1H3,(H,37,38)/b24-14-,25-15-. The van der Waals surface area contributed by atoms with Gasteiger partial charge < -0.3 is 26.8 Å². The van der Waals surface area contributed by atoms with Crippen LogP contribution in [0.4, 0.5) is 11.4 Å². The highest BCUT2D eigenvalue weighted by molar-refractivity contribution is 5.93. The fourth-order valence-corrected chi connectivity index (χ4v) is 3.93. The second-order valence-electron chi connectivity index (χ2n) is 8.71. The molecule has 38 heavy (non-hydrogen) atoms. The van der Waals surface area contributed by atoms with E-state index in [9.17, 15) is 15.0 Å². The van der Waals surface area contributed by atoms with Gasteiger partial charge in [0.05, 0.1) is 22.8 Å². The zero-order chi connectivity index (χ0) is 27.6. The van der Waals surface area contributed by atoms with Gasteiger partial charge in [-0.3, -0.25) is 10.0 Å². The Bertz CT molecular complexity index is 1600. The SMILES string of the molecule is Cc1ccc(N(N)/C=C(\N)c2cc3ccccc3cc2/C(N)=C/N(N)c2ccc(C(=O)O)c(O)c2)cc1O. The van der Waals surface area contributed by atoms with Crippen LogP contribution in [0, 0.1) is 6.92 Å². The first-order valence-corrected chi connectivity index (χ1v) is 11.5. The maximum atomic E-state index is 11.2. The lowest BCUT2D eigenvalue weighted by Gasteiger charge is -2.19. The Morgan fingerprint density at radius 2 is 1.18 bits per heavy atom. The van der Waals surface area contributed by atoms with Crippen molar-refractivity contribution in [3.05, 3.63) is 107 Å². The van der Waals surface area contributed by atoms with E-state index < -0.39 is 11.7 Å². The van der Waals surface area contributed by atoms with Crippen LogP contribution >= 0.6 is 0 Å². The number of phenolic OH excluding ortho intramolecular Hbond substituents is 1. The Hall–Kier alpha value is -5.19. The molecule has 0 atom stereocenters. The van der Waals surface area contributed by atoms with Crippen LogP contribution in [-0.4, -0.2) is 21.3 Å². The largest absolute Gasteiger partial charge is 0.508 e. The van der Waals surface area contributed by atoms with E-state index in [1.165, 1.54) is 46.7 Å². The Morgan fingerprint density at radius 3 is 1.63 bits per heavy atom. The molecule has 0 amide bonds. The number of fused-ring (bicyclic) bond motifs is 1. The molecule has 11 N–H and O–H groups in total. The number of aromatic carboxylic acids is 1. The molecule has 0 fully saturated rings. The molecule has 0 heterocycles.